The highest BCUT2D eigenvalue weighted by molar-refractivity contribution is 5.89. The number of carboxylic acids is 1. The van der Waals surface area contributed by atoms with E-state index in [0.717, 1.165) is 12.8 Å². The van der Waals surface area contributed by atoms with Gasteiger partial charge < -0.3 is 21.5 Å². The second-order valence-electron chi connectivity index (χ2n) is 3.76. The van der Waals surface area contributed by atoms with Gasteiger partial charge in [-0.25, -0.2) is 0 Å². The van der Waals surface area contributed by atoms with Gasteiger partial charge in [0.1, 0.15) is 0 Å². The Morgan fingerprint density at radius 3 is 2.50 bits per heavy atom. The molecule has 7 nitrogen and oxygen atoms in total. The summed E-state index contributed by atoms with van der Waals surface area (Å²) in [6, 6.07) is -0.886. The van der Waals surface area contributed by atoms with Crippen molar-refractivity contribution in [2.45, 2.75) is 31.3 Å². The van der Waals surface area contributed by atoms with Crippen molar-refractivity contribution in [2.75, 3.05) is 6.54 Å². The summed E-state index contributed by atoms with van der Waals surface area (Å²) in [5, 5.41) is 13.4. The molecule has 1 saturated carbocycles. The van der Waals surface area contributed by atoms with Crippen LogP contribution in [0.2, 0.25) is 0 Å². The summed E-state index contributed by atoms with van der Waals surface area (Å²) in [7, 11) is 0. The van der Waals surface area contributed by atoms with E-state index in [4.69, 9.17) is 10.8 Å². The van der Waals surface area contributed by atoms with Crippen LogP contribution >= 0.6 is 0 Å². The normalized spacial score (nSPS) is 16.3. The number of carbonyl (C=O) groups is 3. The van der Waals surface area contributed by atoms with Crippen LogP contribution in [-0.4, -0.2) is 41.5 Å². The zero-order valence-electron chi connectivity index (χ0n) is 8.73. The van der Waals surface area contributed by atoms with Crippen molar-refractivity contribution >= 4 is 17.8 Å². The second kappa shape index (κ2) is 5.45. The fraction of sp³-hybridized carbons (Fsp3) is 0.667. The van der Waals surface area contributed by atoms with E-state index in [2.05, 4.69) is 10.6 Å². The van der Waals surface area contributed by atoms with E-state index in [9.17, 15) is 14.4 Å². The van der Waals surface area contributed by atoms with Crippen LogP contribution in [0.4, 0.5) is 0 Å². The van der Waals surface area contributed by atoms with Gasteiger partial charge in [-0.05, 0) is 12.8 Å². The number of carboxylic acid groups (broad SMARTS) is 1. The van der Waals surface area contributed by atoms with Crippen LogP contribution in [0.1, 0.15) is 19.3 Å². The van der Waals surface area contributed by atoms with Crippen LogP contribution in [0.25, 0.3) is 0 Å². The largest absolute Gasteiger partial charge is 0.481 e. The monoisotopic (exact) mass is 229 g/mol. The average Bonchev–Trinajstić information content (AvgIpc) is 2.96. The van der Waals surface area contributed by atoms with E-state index in [-0.39, 0.29) is 18.5 Å². The first kappa shape index (κ1) is 12.4. The van der Waals surface area contributed by atoms with Crippen molar-refractivity contribution in [2.24, 2.45) is 5.73 Å². The number of rotatable bonds is 6. The number of aliphatic carboxylic acids is 1. The van der Waals surface area contributed by atoms with Gasteiger partial charge in [-0.3, -0.25) is 14.4 Å². The smallest absolute Gasteiger partial charge is 0.305 e. The molecule has 0 aromatic rings. The molecule has 1 atom stereocenters. The van der Waals surface area contributed by atoms with Gasteiger partial charge in [-0.2, -0.15) is 0 Å². The Balaban J connectivity index is 2.17. The lowest BCUT2D eigenvalue weighted by atomic mass is 10.2. The van der Waals surface area contributed by atoms with E-state index in [1.165, 1.54) is 0 Å². The summed E-state index contributed by atoms with van der Waals surface area (Å²) in [5.41, 5.74) is 5.29. The highest BCUT2D eigenvalue weighted by atomic mass is 16.4. The molecule has 5 N–H and O–H groups in total. The van der Waals surface area contributed by atoms with Gasteiger partial charge in [0.2, 0.25) is 11.8 Å². The first-order chi connectivity index (χ1) is 7.49. The Labute approximate surface area is 92.4 Å². The molecule has 0 aliphatic heterocycles. The Kier molecular flexibility index (Phi) is 4.24. The minimum Gasteiger partial charge on any atom is -0.481 e. The Bertz CT molecular complexity index is 301. The number of amides is 2. The molecule has 0 radical (unpaired) electrons. The molecule has 0 aromatic carbocycles. The van der Waals surface area contributed by atoms with Crippen LogP contribution in [0.3, 0.4) is 0 Å². The summed E-state index contributed by atoms with van der Waals surface area (Å²) < 4.78 is 0. The average molecular weight is 229 g/mol. The summed E-state index contributed by atoms with van der Waals surface area (Å²) >= 11 is 0. The lowest BCUT2D eigenvalue weighted by molar-refractivity contribution is -0.139. The van der Waals surface area contributed by atoms with Gasteiger partial charge in [-0.1, -0.05) is 0 Å². The number of hydrogen-bond acceptors (Lipinski definition) is 4. The van der Waals surface area contributed by atoms with E-state index in [1.54, 1.807) is 0 Å². The molecule has 0 heterocycles. The van der Waals surface area contributed by atoms with Crippen molar-refractivity contribution in [3.63, 3.8) is 0 Å². The molecule has 2 amide bonds. The van der Waals surface area contributed by atoms with Gasteiger partial charge in [0.05, 0.1) is 19.0 Å². The molecule has 0 bridgehead atoms. The van der Waals surface area contributed by atoms with E-state index >= 15 is 0 Å². The maximum absolute atomic E-state index is 11.2. The predicted octanol–water partition coefficient (Wildman–Crippen LogP) is -1.82. The minimum absolute atomic E-state index is 0.164. The number of carbonyl (C=O) groups excluding carboxylic acids is 2. The van der Waals surface area contributed by atoms with Crippen molar-refractivity contribution in [1.82, 2.24) is 10.6 Å². The van der Waals surface area contributed by atoms with Gasteiger partial charge >= 0.3 is 5.97 Å². The molecule has 1 aliphatic rings. The molecule has 16 heavy (non-hydrogen) atoms. The molecule has 0 aromatic heterocycles. The fourth-order valence-electron chi connectivity index (χ4n) is 1.09. The van der Waals surface area contributed by atoms with Crippen molar-refractivity contribution in [1.29, 1.82) is 0 Å². The molecule has 1 unspecified atom stereocenters. The minimum atomic E-state index is -1.15. The third-order valence-corrected chi connectivity index (χ3v) is 2.10. The van der Waals surface area contributed by atoms with Gasteiger partial charge in [0, 0.05) is 6.04 Å². The quantitative estimate of drug-likeness (QED) is 0.427. The lowest BCUT2D eigenvalue weighted by Gasteiger charge is -2.09. The molecular weight excluding hydrogens is 214 g/mol. The number of hydrogen-bond donors (Lipinski definition) is 4. The molecule has 0 spiro atoms. The molecule has 1 aliphatic carbocycles. The Morgan fingerprint density at radius 1 is 1.38 bits per heavy atom. The van der Waals surface area contributed by atoms with Gasteiger partial charge in [-0.15, -0.1) is 0 Å². The van der Waals surface area contributed by atoms with Crippen LogP contribution in [0, 0.1) is 0 Å². The van der Waals surface area contributed by atoms with Crippen molar-refractivity contribution in [3.05, 3.63) is 0 Å². The topological polar surface area (TPSA) is 122 Å². The highest BCUT2D eigenvalue weighted by Crippen LogP contribution is 2.18. The van der Waals surface area contributed by atoms with E-state index in [0.29, 0.717) is 0 Å². The zero-order chi connectivity index (χ0) is 12.1. The summed E-state index contributed by atoms with van der Waals surface area (Å²) in [4.78, 5) is 32.6. The number of nitrogens with two attached hydrogens (primary N) is 1. The second-order valence-corrected chi connectivity index (χ2v) is 3.76. The predicted molar refractivity (Wildman–Crippen MR) is 54.4 cm³/mol. The molecule has 0 saturated heterocycles. The van der Waals surface area contributed by atoms with Crippen LogP contribution in [-0.2, 0) is 14.4 Å². The van der Waals surface area contributed by atoms with E-state index in [1.807, 2.05) is 0 Å². The lowest BCUT2D eigenvalue weighted by Crippen LogP contribution is -2.46. The molecule has 7 heteroatoms. The molecular formula is C9H15N3O4. The van der Waals surface area contributed by atoms with Gasteiger partial charge in [0.15, 0.2) is 0 Å². The van der Waals surface area contributed by atoms with Crippen LogP contribution in [0.5, 0.6) is 0 Å². The van der Waals surface area contributed by atoms with Crippen molar-refractivity contribution in [3.8, 4) is 0 Å². The fourth-order valence-corrected chi connectivity index (χ4v) is 1.09. The molecule has 1 rings (SSSR count). The highest BCUT2D eigenvalue weighted by Gasteiger charge is 2.23. The third kappa shape index (κ3) is 4.74. The van der Waals surface area contributed by atoms with Crippen molar-refractivity contribution < 1.29 is 19.5 Å². The number of nitrogens with one attached hydrogen (secondary N) is 2. The Morgan fingerprint density at radius 2 is 2.00 bits per heavy atom. The maximum atomic E-state index is 11.2. The Hall–Kier alpha value is -1.63. The van der Waals surface area contributed by atoms with Crippen LogP contribution < -0.4 is 16.4 Å². The summed E-state index contributed by atoms with van der Waals surface area (Å²) in [6.07, 6.45) is 1.49. The third-order valence-electron chi connectivity index (χ3n) is 2.10. The first-order valence-electron chi connectivity index (χ1n) is 5.03. The van der Waals surface area contributed by atoms with Crippen LogP contribution in [0.15, 0.2) is 0 Å². The first-order valence-corrected chi connectivity index (χ1v) is 5.03. The molecule has 90 valence electrons. The summed E-state index contributed by atoms with van der Waals surface area (Å²) in [5.74, 6) is -2.06. The maximum Gasteiger partial charge on any atom is 0.305 e. The van der Waals surface area contributed by atoms with E-state index < -0.39 is 24.3 Å². The zero-order valence-corrected chi connectivity index (χ0v) is 8.73. The van der Waals surface area contributed by atoms with Gasteiger partial charge in [0.25, 0.3) is 0 Å². The summed E-state index contributed by atoms with van der Waals surface area (Å²) in [6.45, 7) is -0.164. The molecule has 1 fully saturated rings. The standard InChI is InChI=1S/C9H15N3O4/c10-6(3-8(14)15)9(16)11-4-7(13)12-5-1-2-5/h5-6H,1-4,10H2,(H,11,16)(H,12,13)(H,14,15). The SMILES string of the molecule is NC(CC(=O)O)C(=O)NCC(=O)NC1CC1.